The van der Waals surface area contributed by atoms with Crippen molar-refractivity contribution in [2.75, 3.05) is 0 Å². The number of primary amides is 2. The van der Waals surface area contributed by atoms with Gasteiger partial charge in [0.05, 0.1) is 16.6 Å². The lowest BCUT2D eigenvalue weighted by Gasteiger charge is -2.16. The van der Waals surface area contributed by atoms with Crippen molar-refractivity contribution >= 4 is 28.8 Å². The molecule has 2 aromatic heterocycles. The van der Waals surface area contributed by atoms with Gasteiger partial charge in [0.1, 0.15) is 0 Å². The normalized spacial score (nSPS) is 11.7. The van der Waals surface area contributed by atoms with Gasteiger partial charge in [0.2, 0.25) is 11.8 Å². The maximum absolute atomic E-state index is 12.6. The summed E-state index contributed by atoms with van der Waals surface area (Å²) in [6.07, 6.45) is 0.542. The third-order valence-corrected chi connectivity index (χ3v) is 3.43. The second kappa shape index (κ2) is 6.50. The van der Waals surface area contributed by atoms with E-state index >= 15 is 0 Å². The molecule has 0 atom stereocenters. The highest BCUT2D eigenvalue weighted by molar-refractivity contribution is 6.11. The highest BCUT2D eigenvalue weighted by atomic mass is 16.5. The van der Waals surface area contributed by atoms with E-state index in [0.717, 1.165) is 0 Å². The molecule has 0 bridgehead atoms. The van der Waals surface area contributed by atoms with Crippen LogP contribution in [0.25, 0.3) is 11.1 Å². The molecule has 3 amide bonds. The molecule has 0 saturated heterocycles. The summed E-state index contributed by atoms with van der Waals surface area (Å²) in [5.74, 6) is -2.76. The minimum Gasteiger partial charge on any atom is -0.367 e. The Morgan fingerprint density at radius 2 is 1.84 bits per heavy atom. The predicted octanol–water partition coefficient (Wildman–Crippen LogP) is 0.189. The Kier molecular flexibility index (Phi) is 4.78. The van der Waals surface area contributed by atoms with Crippen LogP contribution in [0.3, 0.4) is 0 Å². The molecule has 0 aromatic carbocycles. The summed E-state index contributed by atoms with van der Waals surface area (Å²) < 4.78 is 5.24. The summed E-state index contributed by atoms with van der Waals surface area (Å²) in [5.41, 5.74) is 11.6. The SMILES string of the molecule is Cc1cc(C(=O)NC(C(N)=O)C(N)=O)c2c(CC(C)(C)C)noc2n1. The van der Waals surface area contributed by atoms with Crippen LogP contribution in [-0.4, -0.2) is 33.9 Å². The summed E-state index contributed by atoms with van der Waals surface area (Å²) in [7, 11) is 0. The third kappa shape index (κ3) is 4.11. The first-order valence-corrected chi connectivity index (χ1v) is 7.65. The molecule has 2 rings (SSSR count). The molecule has 0 radical (unpaired) electrons. The fourth-order valence-electron chi connectivity index (χ4n) is 2.43. The lowest BCUT2D eigenvalue weighted by molar-refractivity contribution is -0.128. The van der Waals surface area contributed by atoms with Crippen LogP contribution in [-0.2, 0) is 16.0 Å². The predicted molar refractivity (Wildman–Crippen MR) is 89.3 cm³/mol. The van der Waals surface area contributed by atoms with Gasteiger partial charge < -0.3 is 21.3 Å². The monoisotopic (exact) mass is 347 g/mol. The molecule has 9 heteroatoms. The van der Waals surface area contributed by atoms with E-state index in [-0.39, 0.29) is 16.7 Å². The molecule has 2 heterocycles. The van der Waals surface area contributed by atoms with E-state index in [4.69, 9.17) is 16.0 Å². The van der Waals surface area contributed by atoms with Gasteiger partial charge in [0.25, 0.3) is 11.6 Å². The van der Waals surface area contributed by atoms with Crippen LogP contribution >= 0.6 is 0 Å². The van der Waals surface area contributed by atoms with Gasteiger partial charge in [0, 0.05) is 5.69 Å². The second-order valence-corrected chi connectivity index (χ2v) is 7.07. The third-order valence-electron chi connectivity index (χ3n) is 3.43. The zero-order valence-corrected chi connectivity index (χ0v) is 14.5. The molecule has 25 heavy (non-hydrogen) atoms. The minimum absolute atomic E-state index is 0.106. The molecule has 9 nitrogen and oxygen atoms in total. The number of carbonyl (C=O) groups is 3. The standard InChI is InChI=1S/C16H21N5O4/c1-7-5-8(14(24)20-11(12(17)22)13(18)23)10-9(6-16(2,3)4)21-25-15(10)19-7/h5,11H,6H2,1-4H3,(H2,17,22)(H2,18,23)(H,20,24). The van der Waals surface area contributed by atoms with E-state index in [1.165, 1.54) is 6.07 Å². The van der Waals surface area contributed by atoms with E-state index in [1.54, 1.807) is 6.92 Å². The largest absolute Gasteiger partial charge is 0.367 e. The first-order chi connectivity index (χ1) is 11.5. The van der Waals surface area contributed by atoms with Gasteiger partial charge in [0.15, 0.2) is 6.04 Å². The average Bonchev–Trinajstić information content (AvgIpc) is 2.83. The Labute approximate surface area is 144 Å². The minimum atomic E-state index is -1.61. The number of carbonyl (C=O) groups excluding carboxylic acids is 3. The van der Waals surface area contributed by atoms with E-state index in [9.17, 15) is 14.4 Å². The summed E-state index contributed by atoms with van der Waals surface area (Å²) in [6, 6.07) is -0.0815. The number of amides is 3. The fourth-order valence-corrected chi connectivity index (χ4v) is 2.43. The van der Waals surface area contributed by atoms with Crippen LogP contribution < -0.4 is 16.8 Å². The maximum atomic E-state index is 12.6. The molecule has 0 aliphatic rings. The topological polar surface area (TPSA) is 154 Å². The van der Waals surface area contributed by atoms with Gasteiger partial charge in [-0.15, -0.1) is 0 Å². The van der Waals surface area contributed by atoms with Gasteiger partial charge in [-0.2, -0.15) is 0 Å². The smallest absolute Gasteiger partial charge is 0.258 e. The molecule has 0 saturated carbocycles. The molecular formula is C16H21N5O4. The highest BCUT2D eigenvalue weighted by Crippen LogP contribution is 2.28. The van der Waals surface area contributed by atoms with Gasteiger partial charge in [-0.25, -0.2) is 4.98 Å². The first-order valence-electron chi connectivity index (χ1n) is 7.65. The quantitative estimate of drug-likeness (QED) is 0.656. The van der Waals surface area contributed by atoms with Crippen LogP contribution in [0.15, 0.2) is 10.6 Å². The molecule has 0 aliphatic heterocycles. The van der Waals surface area contributed by atoms with Gasteiger partial charge in [-0.05, 0) is 24.8 Å². The fraction of sp³-hybridized carbons (Fsp3) is 0.438. The van der Waals surface area contributed by atoms with Crippen molar-refractivity contribution in [1.82, 2.24) is 15.5 Å². The Morgan fingerprint density at radius 3 is 2.36 bits per heavy atom. The number of rotatable bonds is 5. The number of fused-ring (bicyclic) bond motifs is 1. The molecule has 134 valence electrons. The van der Waals surface area contributed by atoms with Gasteiger partial charge in [-0.3, -0.25) is 14.4 Å². The number of aryl methyl sites for hydroxylation is 1. The van der Waals surface area contributed by atoms with Crippen LogP contribution in [0.2, 0.25) is 0 Å². The number of aromatic nitrogens is 2. The summed E-state index contributed by atoms with van der Waals surface area (Å²) in [4.78, 5) is 39.5. The van der Waals surface area contributed by atoms with E-state index in [1.807, 2.05) is 20.8 Å². The number of hydrogen-bond donors (Lipinski definition) is 3. The van der Waals surface area contributed by atoms with Crippen molar-refractivity contribution in [3.05, 3.63) is 23.0 Å². The van der Waals surface area contributed by atoms with Crippen molar-refractivity contribution in [3.63, 3.8) is 0 Å². The van der Waals surface area contributed by atoms with Crippen molar-refractivity contribution in [1.29, 1.82) is 0 Å². The molecule has 0 fully saturated rings. The average molecular weight is 347 g/mol. The van der Waals surface area contributed by atoms with Gasteiger partial charge >= 0.3 is 0 Å². The van der Waals surface area contributed by atoms with Crippen molar-refractivity contribution in [2.45, 2.75) is 40.2 Å². The molecule has 2 aromatic rings. The summed E-state index contributed by atoms with van der Waals surface area (Å²) in [5, 5.41) is 6.70. The number of nitrogens with one attached hydrogen (secondary N) is 1. The van der Waals surface area contributed by atoms with Crippen LogP contribution in [0.5, 0.6) is 0 Å². The Hall–Kier alpha value is -2.97. The van der Waals surface area contributed by atoms with Crippen LogP contribution in [0.4, 0.5) is 0 Å². The zero-order valence-electron chi connectivity index (χ0n) is 14.5. The highest BCUT2D eigenvalue weighted by Gasteiger charge is 2.28. The zero-order chi connectivity index (χ0) is 18.9. The number of nitrogens with two attached hydrogens (primary N) is 2. The van der Waals surface area contributed by atoms with E-state index in [2.05, 4.69) is 15.5 Å². The lowest BCUT2D eigenvalue weighted by Crippen LogP contribution is -2.52. The van der Waals surface area contributed by atoms with Crippen molar-refractivity contribution in [3.8, 4) is 0 Å². The molecular weight excluding hydrogens is 326 g/mol. The molecule has 5 N–H and O–H groups in total. The van der Waals surface area contributed by atoms with Crippen LogP contribution in [0, 0.1) is 12.3 Å². The molecule has 0 spiro atoms. The summed E-state index contributed by atoms with van der Waals surface area (Å²) in [6.45, 7) is 7.74. The van der Waals surface area contributed by atoms with Crippen LogP contribution in [0.1, 0.15) is 42.5 Å². The van der Waals surface area contributed by atoms with Crippen molar-refractivity contribution < 1.29 is 18.9 Å². The number of pyridine rings is 1. The Bertz CT molecular complexity index is 836. The lowest BCUT2D eigenvalue weighted by atomic mass is 9.89. The summed E-state index contributed by atoms with van der Waals surface area (Å²) >= 11 is 0. The Morgan fingerprint density at radius 1 is 1.24 bits per heavy atom. The number of nitrogens with zero attached hydrogens (tertiary/aromatic N) is 2. The first kappa shape index (κ1) is 18.4. The molecule has 0 aliphatic carbocycles. The number of hydrogen-bond acceptors (Lipinski definition) is 6. The molecule has 0 unspecified atom stereocenters. The van der Waals surface area contributed by atoms with E-state index in [0.29, 0.717) is 23.2 Å². The van der Waals surface area contributed by atoms with Gasteiger partial charge in [-0.1, -0.05) is 25.9 Å². The maximum Gasteiger partial charge on any atom is 0.258 e. The van der Waals surface area contributed by atoms with Crippen molar-refractivity contribution in [2.24, 2.45) is 16.9 Å². The van der Waals surface area contributed by atoms with E-state index < -0.39 is 23.8 Å². The second-order valence-electron chi connectivity index (χ2n) is 7.07. The Balaban J connectivity index is 2.52.